The van der Waals surface area contributed by atoms with Gasteiger partial charge >= 0.3 is 12.3 Å². The van der Waals surface area contributed by atoms with Crippen LogP contribution in [0.5, 0.6) is 11.5 Å². The second-order valence-electron chi connectivity index (χ2n) is 7.36. The minimum absolute atomic E-state index is 0.321. The van der Waals surface area contributed by atoms with Crippen LogP contribution in [0.15, 0.2) is 79.1 Å². The molecule has 1 amide bonds. The van der Waals surface area contributed by atoms with Crippen LogP contribution in [-0.4, -0.2) is 40.1 Å². The number of para-hydroxylation sites is 1. The Balaban J connectivity index is 1.44. The van der Waals surface area contributed by atoms with E-state index in [9.17, 15) is 26.7 Å². The van der Waals surface area contributed by atoms with E-state index in [2.05, 4.69) is 20.1 Å². The Morgan fingerprint density at radius 3 is 2.22 bits per heavy atom. The molecule has 1 N–H and O–H groups in total. The molecular weight excluding hydrogens is 487 g/mol. The average molecular weight is 504 g/mol. The third-order valence-electron chi connectivity index (χ3n) is 4.92. The van der Waals surface area contributed by atoms with E-state index in [1.165, 1.54) is 30.3 Å². The quantitative estimate of drug-likeness (QED) is 0.326. The van der Waals surface area contributed by atoms with Crippen LogP contribution in [0.3, 0.4) is 0 Å². The fourth-order valence-corrected chi connectivity index (χ4v) is 3.13. The average Bonchev–Trinajstić information content (AvgIpc) is 3.34. The van der Waals surface area contributed by atoms with E-state index in [1.54, 1.807) is 48.5 Å². The topological polar surface area (TPSA) is 78.3 Å². The van der Waals surface area contributed by atoms with Crippen molar-refractivity contribution in [1.82, 2.24) is 14.8 Å². The zero-order valence-electron chi connectivity index (χ0n) is 18.5. The molecule has 0 bridgehead atoms. The van der Waals surface area contributed by atoms with Crippen LogP contribution in [0, 0.1) is 0 Å². The van der Waals surface area contributed by atoms with Gasteiger partial charge in [-0.1, -0.05) is 12.1 Å². The summed E-state index contributed by atoms with van der Waals surface area (Å²) in [4.78, 5) is 16.7. The lowest BCUT2D eigenvalue weighted by molar-refractivity contribution is -0.360. The molecule has 0 unspecified atom stereocenters. The number of carbonyl (C=O) groups is 1. The van der Waals surface area contributed by atoms with E-state index in [0.29, 0.717) is 34.1 Å². The van der Waals surface area contributed by atoms with Crippen LogP contribution in [0.25, 0.3) is 17.1 Å². The van der Waals surface area contributed by atoms with Crippen molar-refractivity contribution in [2.75, 3.05) is 12.4 Å². The summed E-state index contributed by atoms with van der Waals surface area (Å²) in [7, 11) is 1.47. The Morgan fingerprint density at radius 2 is 1.58 bits per heavy atom. The number of hydrogen-bond donors (Lipinski definition) is 1. The number of nitrogens with one attached hydrogen (secondary N) is 1. The first-order valence-electron chi connectivity index (χ1n) is 10.3. The number of halogens is 5. The first-order chi connectivity index (χ1) is 17.1. The molecule has 36 heavy (non-hydrogen) atoms. The molecule has 12 heteroatoms. The number of amides is 1. The monoisotopic (exact) mass is 504 g/mol. The van der Waals surface area contributed by atoms with Gasteiger partial charge in [0.2, 0.25) is 0 Å². The van der Waals surface area contributed by atoms with Crippen molar-refractivity contribution in [3.05, 3.63) is 84.7 Å². The van der Waals surface area contributed by atoms with Gasteiger partial charge < -0.3 is 14.8 Å². The Bertz CT molecular complexity index is 1350. The lowest BCUT2D eigenvalue weighted by Gasteiger charge is -2.20. The lowest BCUT2D eigenvalue weighted by Crippen LogP contribution is -2.41. The Morgan fingerprint density at radius 1 is 0.917 bits per heavy atom. The van der Waals surface area contributed by atoms with Gasteiger partial charge in [0.25, 0.3) is 5.91 Å². The highest BCUT2D eigenvalue weighted by atomic mass is 19.4. The molecule has 7 nitrogen and oxygen atoms in total. The van der Waals surface area contributed by atoms with Gasteiger partial charge in [-0.25, -0.2) is 9.67 Å². The number of methoxy groups -OCH3 is 1. The van der Waals surface area contributed by atoms with E-state index in [0.717, 1.165) is 12.1 Å². The zero-order chi connectivity index (χ0) is 25.9. The fraction of sp³-hybridized carbons (Fsp3) is 0.125. The van der Waals surface area contributed by atoms with E-state index >= 15 is 0 Å². The Kier molecular flexibility index (Phi) is 6.60. The number of benzene rings is 3. The summed E-state index contributed by atoms with van der Waals surface area (Å²) >= 11 is 0. The van der Waals surface area contributed by atoms with Crippen molar-refractivity contribution >= 4 is 11.6 Å². The van der Waals surface area contributed by atoms with Gasteiger partial charge in [0.05, 0.1) is 18.4 Å². The van der Waals surface area contributed by atoms with Crippen LogP contribution in [-0.2, 0) is 0 Å². The second kappa shape index (κ2) is 9.64. The van der Waals surface area contributed by atoms with Gasteiger partial charge in [-0.3, -0.25) is 4.79 Å². The number of aromatic nitrogens is 3. The number of alkyl halides is 5. The van der Waals surface area contributed by atoms with Gasteiger partial charge in [-0.2, -0.15) is 22.0 Å². The molecule has 4 aromatic rings. The van der Waals surface area contributed by atoms with Crippen LogP contribution in [0.1, 0.15) is 10.4 Å². The summed E-state index contributed by atoms with van der Waals surface area (Å²) in [5.74, 6) is -0.244. The van der Waals surface area contributed by atoms with Crippen molar-refractivity contribution in [3.8, 4) is 28.6 Å². The summed E-state index contributed by atoms with van der Waals surface area (Å²) in [5, 5.41) is 7.06. The molecule has 1 heterocycles. The molecule has 0 saturated heterocycles. The first kappa shape index (κ1) is 24.6. The fourth-order valence-electron chi connectivity index (χ4n) is 3.13. The maximum absolute atomic E-state index is 13.0. The minimum Gasteiger partial charge on any atom is -0.496 e. The van der Waals surface area contributed by atoms with Crippen LogP contribution >= 0.6 is 0 Å². The van der Waals surface area contributed by atoms with Crippen molar-refractivity contribution < 1.29 is 36.2 Å². The standard InChI is InChI=1S/C24H17F5N4O3/c1-35-20-5-3-2-4-19(20)22(34)31-16-8-6-15(7-9-16)21-30-14-33(32-21)17-10-12-18(13-11-17)36-24(28,29)23(25,26)27/h2-14H,1H3,(H,31,34). The van der Waals surface area contributed by atoms with Crippen molar-refractivity contribution in [2.24, 2.45) is 0 Å². The molecular formula is C24H17F5N4O3. The molecule has 0 spiro atoms. The van der Waals surface area contributed by atoms with Gasteiger partial charge in [-0.15, -0.1) is 5.10 Å². The third kappa shape index (κ3) is 5.27. The van der Waals surface area contributed by atoms with Gasteiger partial charge in [0.15, 0.2) is 5.82 Å². The molecule has 4 rings (SSSR count). The summed E-state index contributed by atoms with van der Waals surface area (Å²) in [6, 6.07) is 18.0. The normalized spacial score (nSPS) is 11.7. The molecule has 0 aliphatic rings. The van der Waals surface area contributed by atoms with Crippen LogP contribution in [0.2, 0.25) is 0 Å². The first-order valence-corrected chi connectivity index (χ1v) is 10.3. The predicted molar refractivity (Wildman–Crippen MR) is 119 cm³/mol. The van der Waals surface area contributed by atoms with Crippen molar-refractivity contribution in [1.29, 1.82) is 0 Å². The van der Waals surface area contributed by atoms with E-state index in [-0.39, 0.29) is 5.91 Å². The van der Waals surface area contributed by atoms with E-state index in [4.69, 9.17) is 4.74 Å². The summed E-state index contributed by atoms with van der Waals surface area (Å²) < 4.78 is 73.3. The van der Waals surface area contributed by atoms with E-state index < -0.39 is 18.0 Å². The van der Waals surface area contributed by atoms with Crippen molar-refractivity contribution in [2.45, 2.75) is 12.3 Å². The maximum atomic E-state index is 13.0. The molecule has 3 aromatic carbocycles. The molecule has 0 aliphatic heterocycles. The molecule has 0 fully saturated rings. The van der Waals surface area contributed by atoms with Crippen molar-refractivity contribution in [3.63, 3.8) is 0 Å². The third-order valence-corrected chi connectivity index (χ3v) is 4.92. The molecule has 0 aliphatic carbocycles. The molecule has 0 atom stereocenters. The highest BCUT2D eigenvalue weighted by molar-refractivity contribution is 6.06. The summed E-state index contributed by atoms with van der Waals surface area (Å²) in [6.45, 7) is 0. The molecule has 0 saturated carbocycles. The smallest absolute Gasteiger partial charge is 0.496 e. The molecule has 1 aromatic heterocycles. The van der Waals surface area contributed by atoms with Gasteiger partial charge in [-0.05, 0) is 60.7 Å². The zero-order valence-corrected chi connectivity index (χ0v) is 18.5. The van der Waals surface area contributed by atoms with Gasteiger partial charge in [0.1, 0.15) is 17.8 Å². The van der Waals surface area contributed by atoms with Crippen LogP contribution < -0.4 is 14.8 Å². The highest BCUT2D eigenvalue weighted by Gasteiger charge is 2.61. The highest BCUT2D eigenvalue weighted by Crippen LogP contribution is 2.37. The number of nitrogens with zero attached hydrogens (tertiary/aromatic N) is 3. The molecule has 0 radical (unpaired) electrons. The number of rotatable bonds is 7. The Labute approximate surface area is 201 Å². The predicted octanol–water partition coefficient (Wildman–Crippen LogP) is 5.73. The number of anilines is 1. The minimum atomic E-state index is -5.83. The maximum Gasteiger partial charge on any atom is 0.499 e. The van der Waals surface area contributed by atoms with Crippen LogP contribution in [0.4, 0.5) is 27.6 Å². The van der Waals surface area contributed by atoms with E-state index in [1.807, 2.05) is 0 Å². The summed E-state index contributed by atoms with van der Waals surface area (Å²) in [6.07, 6.45) is -9.79. The Hall–Kier alpha value is -4.48. The largest absolute Gasteiger partial charge is 0.499 e. The lowest BCUT2D eigenvalue weighted by atomic mass is 10.1. The molecule has 186 valence electrons. The number of carbonyl (C=O) groups excluding carboxylic acids is 1. The van der Waals surface area contributed by atoms with Gasteiger partial charge in [0, 0.05) is 11.3 Å². The second-order valence-corrected chi connectivity index (χ2v) is 7.36. The summed E-state index contributed by atoms with van der Waals surface area (Å²) in [5.41, 5.74) is 1.88. The number of hydrogen-bond acceptors (Lipinski definition) is 5. The SMILES string of the molecule is COc1ccccc1C(=O)Nc1ccc(-c2ncn(-c3ccc(OC(F)(F)C(F)(F)F)cc3)n2)cc1. The number of ether oxygens (including phenoxy) is 2.